The minimum absolute atomic E-state index is 0.201. The van der Waals surface area contributed by atoms with Gasteiger partial charge in [-0.1, -0.05) is 6.58 Å². The minimum Gasteiger partial charge on any atom is -0.507 e. The molecule has 0 bridgehead atoms. The van der Waals surface area contributed by atoms with Gasteiger partial charge in [-0.15, -0.1) is 0 Å². The molecule has 0 saturated heterocycles. The van der Waals surface area contributed by atoms with Crippen LogP contribution in [-0.4, -0.2) is 5.11 Å². The summed E-state index contributed by atoms with van der Waals surface area (Å²) in [6.07, 6.45) is 0. The maximum Gasteiger partial charge on any atom is 0.154 e. The third-order valence-electron chi connectivity index (χ3n) is 2.67. The molecule has 5 heteroatoms. The highest BCUT2D eigenvalue weighted by molar-refractivity contribution is 14.1. The van der Waals surface area contributed by atoms with Crippen molar-refractivity contribution >= 4 is 56.4 Å². The van der Waals surface area contributed by atoms with Gasteiger partial charge in [0.25, 0.3) is 0 Å². The maximum atomic E-state index is 9.78. The Labute approximate surface area is 145 Å². The van der Waals surface area contributed by atoms with Gasteiger partial charge in [0.2, 0.25) is 0 Å². The van der Waals surface area contributed by atoms with E-state index in [1.165, 1.54) is 0 Å². The third-order valence-corrected chi connectivity index (χ3v) is 4.27. The Balaban J connectivity index is 2.41. The lowest BCUT2D eigenvalue weighted by Gasteiger charge is -2.12. The van der Waals surface area contributed by atoms with Gasteiger partial charge in [0.05, 0.1) is 7.14 Å². The van der Waals surface area contributed by atoms with Gasteiger partial charge in [0, 0.05) is 11.3 Å². The summed E-state index contributed by atoms with van der Waals surface area (Å²) in [4.78, 5) is 0. The van der Waals surface area contributed by atoms with Gasteiger partial charge in [-0.3, -0.25) is 0 Å². The van der Waals surface area contributed by atoms with Crippen LogP contribution >= 0.6 is 45.2 Å². The molecule has 0 atom stereocenters. The summed E-state index contributed by atoms with van der Waals surface area (Å²) >= 11 is 4.38. The van der Waals surface area contributed by atoms with E-state index in [1.54, 1.807) is 18.2 Å². The second-order valence-electron chi connectivity index (χ2n) is 4.38. The van der Waals surface area contributed by atoms with E-state index in [4.69, 9.17) is 10.5 Å². The zero-order chi connectivity index (χ0) is 14.9. The van der Waals surface area contributed by atoms with Crippen LogP contribution in [0.2, 0.25) is 0 Å². The van der Waals surface area contributed by atoms with Crippen molar-refractivity contribution in [1.82, 2.24) is 0 Å². The summed E-state index contributed by atoms with van der Waals surface area (Å²) in [6, 6.07) is 8.83. The fourth-order valence-electron chi connectivity index (χ4n) is 1.72. The van der Waals surface area contributed by atoms with E-state index in [2.05, 4.69) is 51.8 Å². The smallest absolute Gasteiger partial charge is 0.154 e. The van der Waals surface area contributed by atoms with Gasteiger partial charge in [-0.25, -0.2) is 0 Å². The van der Waals surface area contributed by atoms with Crippen molar-refractivity contribution in [1.29, 1.82) is 0 Å². The van der Waals surface area contributed by atoms with Crippen LogP contribution in [0.25, 0.3) is 5.57 Å². The zero-order valence-corrected chi connectivity index (χ0v) is 15.1. The van der Waals surface area contributed by atoms with Crippen LogP contribution in [0.5, 0.6) is 17.2 Å². The average Bonchev–Trinajstić information content (AvgIpc) is 2.35. The number of allylic oxidation sites excluding steroid dienone is 1. The number of aromatic hydroxyl groups is 1. The minimum atomic E-state index is 0.201. The highest BCUT2D eigenvalue weighted by atomic mass is 127. The normalized spacial score (nSPS) is 10.3. The monoisotopic (exact) mass is 493 g/mol. The molecule has 2 aromatic carbocycles. The second kappa shape index (κ2) is 6.21. The molecule has 0 unspecified atom stereocenters. The van der Waals surface area contributed by atoms with Crippen molar-refractivity contribution in [3.8, 4) is 17.2 Å². The van der Waals surface area contributed by atoms with Crippen LogP contribution in [0.1, 0.15) is 12.5 Å². The van der Waals surface area contributed by atoms with Crippen molar-refractivity contribution in [2.45, 2.75) is 6.92 Å². The number of anilines is 1. The number of benzene rings is 2. The summed E-state index contributed by atoms with van der Waals surface area (Å²) in [6.45, 7) is 5.69. The Morgan fingerprint density at radius 2 is 1.80 bits per heavy atom. The van der Waals surface area contributed by atoms with E-state index in [0.717, 1.165) is 18.5 Å². The van der Waals surface area contributed by atoms with Crippen LogP contribution < -0.4 is 10.5 Å². The largest absolute Gasteiger partial charge is 0.507 e. The van der Waals surface area contributed by atoms with E-state index in [9.17, 15) is 5.11 Å². The number of hydrogen-bond donors (Lipinski definition) is 2. The number of nitrogens with two attached hydrogens (primary N) is 1. The topological polar surface area (TPSA) is 55.5 Å². The van der Waals surface area contributed by atoms with Gasteiger partial charge in [-0.2, -0.15) is 0 Å². The molecule has 2 aromatic rings. The first-order chi connectivity index (χ1) is 9.38. The van der Waals surface area contributed by atoms with Crippen LogP contribution in [-0.2, 0) is 0 Å². The van der Waals surface area contributed by atoms with Crippen molar-refractivity contribution < 1.29 is 9.84 Å². The molecule has 104 valence electrons. The number of hydrogen-bond acceptors (Lipinski definition) is 3. The molecular weight excluding hydrogens is 480 g/mol. The number of nitrogen functional groups attached to an aromatic ring is 1. The molecule has 0 radical (unpaired) electrons. The molecule has 0 fully saturated rings. The van der Waals surface area contributed by atoms with Crippen molar-refractivity contribution in [2.24, 2.45) is 0 Å². The molecule has 0 heterocycles. The predicted octanol–water partition coefficient (Wildman–Crippen LogP) is 5.01. The SMILES string of the molecule is C=C(C)c1cc(Oc2c(I)cc(N)cc2I)ccc1O. The fraction of sp³-hybridized carbons (Fsp3) is 0.0667. The van der Waals surface area contributed by atoms with Crippen LogP contribution in [0.15, 0.2) is 36.9 Å². The highest BCUT2D eigenvalue weighted by Crippen LogP contribution is 2.36. The van der Waals surface area contributed by atoms with E-state index in [1.807, 2.05) is 19.1 Å². The molecule has 3 nitrogen and oxygen atoms in total. The zero-order valence-electron chi connectivity index (χ0n) is 10.8. The van der Waals surface area contributed by atoms with Crippen LogP contribution in [0.3, 0.4) is 0 Å². The summed E-state index contributed by atoms with van der Waals surface area (Å²) in [5.41, 5.74) is 7.97. The highest BCUT2D eigenvalue weighted by Gasteiger charge is 2.11. The number of rotatable bonds is 3. The fourth-order valence-corrected chi connectivity index (χ4v) is 3.75. The molecule has 2 rings (SSSR count). The second-order valence-corrected chi connectivity index (χ2v) is 6.70. The number of phenols is 1. The number of ether oxygens (including phenoxy) is 1. The van der Waals surface area contributed by atoms with Crippen molar-refractivity contribution in [2.75, 3.05) is 5.73 Å². The molecule has 0 spiro atoms. The number of phenolic OH excluding ortho intramolecular Hbond substituents is 1. The van der Waals surface area contributed by atoms with Crippen molar-refractivity contribution in [3.63, 3.8) is 0 Å². The van der Waals surface area contributed by atoms with E-state index < -0.39 is 0 Å². The Hall–Kier alpha value is -0.960. The van der Waals surface area contributed by atoms with E-state index in [0.29, 0.717) is 17.0 Å². The standard InChI is InChI=1S/C15H13I2NO2/c1-8(2)11-7-10(3-4-14(11)19)20-15-12(16)5-9(18)6-13(15)17/h3-7,19H,1,18H2,2H3. The Kier molecular flexibility index (Phi) is 4.79. The summed E-state index contributed by atoms with van der Waals surface area (Å²) in [5, 5.41) is 9.78. The first-order valence-electron chi connectivity index (χ1n) is 5.79. The van der Waals surface area contributed by atoms with E-state index >= 15 is 0 Å². The lowest BCUT2D eigenvalue weighted by Crippen LogP contribution is -1.95. The van der Waals surface area contributed by atoms with Crippen LogP contribution in [0.4, 0.5) is 5.69 Å². The molecule has 0 saturated carbocycles. The number of halogens is 2. The van der Waals surface area contributed by atoms with Gasteiger partial charge in [0.1, 0.15) is 11.5 Å². The summed E-state index contributed by atoms with van der Waals surface area (Å²) in [5.74, 6) is 1.62. The first kappa shape index (κ1) is 15.4. The molecule has 20 heavy (non-hydrogen) atoms. The first-order valence-corrected chi connectivity index (χ1v) is 7.95. The quantitative estimate of drug-likeness (QED) is 0.468. The van der Waals surface area contributed by atoms with E-state index in [-0.39, 0.29) is 5.75 Å². The third kappa shape index (κ3) is 3.38. The lowest BCUT2D eigenvalue weighted by molar-refractivity contribution is 0.460. The average molecular weight is 493 g/mol. The Bertz CT molecular complexity index is 661. The summed E-state index contributed by atoms with van der Waals surface area (Å²) < 4.78 is 7.80. The van der Waals surface area contributed by atoms with Gasteiger partial charge >= 0.3 is 0 Å². The molecule has 3 N–H and O–H groups in total. The van der Waals surface area contributed by atoms with Gasteiger partial charge < -0.3 is 15.6 Å². The van der Waals surface area contributed by atoms with Crippen LogP contribution in [0, 0.1) is 7.14 Å². The molecule has 0 aromatic heterocycles. The Morgan fingerprint density at radius 1 is 1.20 bits per heavy atom. The molecule has 0 amide bonds. The lowest BCUT2D eigenvalue weighted by atomic mass is 10.1. The van der Waals surface area contributed by atoms with Gasteiger partial charge in [0.15, 0.2) is 5.75 Å². The van der Waals surface area contributed by atoms with Crippen molar-refractivity contribution in [3.05, 3.63) is 49.6 Å². The predicted molar refractivity (Wildman–Crippen MR) is 99.2 cm³/mol. The molecule has 0 aliphatic heterocycles. The summed E-state index contributed by atoms with van der Waals surface area (Å²) in [7, 11) is 0. The molecular formula is C15H13I2NO2. The molecule has 0 aliphatic rings. The Morgan fingerprint density at radius 3 is 2.35 bits per heavy atom. The van der Waals surface area contributed by atoms with Gasteiger partial charge in [-0.05, 0) is 88.0 Å². The molecule has 0 aliphatic carbocycles. The maximum absolute atomic E-state index is 9.78.